The molecule has 1 atom stereocenters. The van der Waals surface area contributed by atoms with Crippen LogP contribution in [-0.4, -0.2) is 98.8 Å². The van der Waals surface area contributed by atoms with Crippen molar-refractivity contribution in [3.8, 4) is 0 Å². The predicted octanol–water partition coefficient (Wildman–Crippen LogP) is 0.869. The van der Waals surface area contributed by atoms with Crippen LogP contribution in [0.4, 0.5) is 0 Å². The molecular weight excluding hydrogens is 387 g/mol. The zero-order valence-electron chi connectivity index (χ0n) is 15.0. The molecule has 0 radical (unpaired) electrons. The fraction of sp³-hybridized carbons (Fsp3) is 0.938. The monoisotopic (exact) mass is 418 g/mol. The molecule has 3 aliphatic rings. The topological polar surface area (TPSA) is 48.0 Å². The smallest absolute Gasteiger partial charge is 0.248 e. The van der Waals surface area contributed by atoms with Crippen molar-refractivity contribution in [2.24, 2.45) is 0 Å². The molecule has 1 amide bonds. The fourth-order valence-corrected chi connectivity index (χ4v) is 3.57. The van der Waals surface area contributed by atoms with E-state index in [1.807, 2.05) is 4.90 Å². The molecule has 0 aromatic heterocycles. The van der Waals surface area contributed by atoms with Crippen molar-refractivity contribution >= 4 is 43.1 Å². The first-order chi connectivity index (χ1) is 10.7. The summed E-state index contributed by atoms with van der Waals surface area (Å²) < 4.78 is 5.53. The highest BCUT2D eigenvalue weighted by atomic mass is 35.5. The largest absolute Gasteiger partial charge is 0.370 e. The number of piperazine rings is 1. The summed E-state index contributed by atoms with van der Waals surface area (Å²) in [4.78, 5) is 19.1. The first kappa shape index (κ1) is 25.2. The number of piperidine rings is 1. The summed E-state index contributed by atoms with van der Waals surface area (Å²) in [6, 6.07) is 1.18. The third-order valence-corrected chi connectivity index (χ3v) is 5.34. The SMILES string of the molecule is CN1CCC(N2CCN(C(=O)COCC3CCN3)CC2)CC1.Cl.Cl.Cl. The van der Waals surface area contributed by atoms with Gasteiger partial charge in [0.15, 0.2) is 0 Å². The zero-order chi connectivity index (χ0) is 15.4. The number of carbonyl (C=O) groups is 1. The predicted molar refractivity (Wildman–Crippen MR) is 108 cm³/mol. The second-order valence-electron chi connectivity index (χ2n) is 6.91. The Morgan fingerprint density at radius 3 is 2.12 bits per heavy atom. The van der Waals surface area contributed by atoms with E-state index in [2.05, 4.69) is 22.2 Å². The number of ether oxygens (including phenoxy) is 1. The highest BCUT2D eigenvalue weighted by Crippen LogP contribution is 2.17. The number of nitrogens with one attached hydrogen (secondary N) is 1. The van der Waals surface area contributed by atoms with Crippen molar-refractivity contribution in [3.63, 3.8) is 0 Å². The standard InChI is InChI=1S/C16H30N4O2.3ClH/c1-18-6-3-15(4-7-18)19-8-10-20(11-9-19)16(21)13-22-12-14-2-5-17-14;;;/h14-15,17H,2-13H2,1H3;3*1H. The molecule has 9 heteroatoms. The van der Waals surface area contributed by atoms with Crippen LogP contribution in [0, 0.1) is 0 Å². The second-order valence-corrected chi connectivity index (χ2v) is 6.91. The number of rotatable bonds is 5. The molecule has 1 unspecified atom stereocenters. The van der Waals surface area contributed by atoms with Gasteiger partial charge in [0, 0.05) is 38.3 Å². The maximum absolute atomic E-state index is 12.2. The van der Waals surface area contributed by atoms with Crippen LogP contribution in [0.1, 0.15) is 19.3 Å². The van der Waals surface area contributed by atoms with Gasteiger partial charge in [-0.3, -0.25) is 9.69 Å². The van der Waals surface area contributed by atoms with E-state index < -0.39 is 0 Å². The van der Waals surface area contributed by atoms with Crippen LogP contribution in [0.3, 0.4) is 0 Å². The van der Waals surface area contributed by atoms with Crippen LogP contribution < -0.4 is 5.32 Å². The molecule has 25 heavy (non-hydrogen) atoms. The lowest BCUT2D eigenvalue weighted by Crippen LogP contribution is -2.54. The van der Waals surface area contributed by atoms with Gasteiger partial charge in [-0.25, -0.2) is 0 Å². The Balaban J connectivity index is 0.00000192. The molecule has 0 spiro atoms. The Morgan fingerprint density at radius 1 is 1.00 bits per heavy atom. The third kappa shape index (κ3) is 7.37. The molecule has 3 saturated heterocycles. The maximum atomic E-state index is 12.2. The Bertz CT molecular complexity index is 372. The third-order valence-electron chi connectivity index (χ3n) is 5.34. The molecule has 0 bridgehead atoms. The molecule has 0 aliphatic carbocycles. The van der Waals surface area contributed by atoms with E-state index in [0.717, 1.165) is 38.8 Å². The highest BCUT2D eigenvalue weighted by Gasteiger charge is 2.28. The number of nitrogens with zero attached hydrogens (tertiary/aromatic N) is 3. The van der Waals surface area contributed by atoms with E-state index in [1.165, 1.54) is 32.4 Å². The van der Waals surface area contributed by atoms with Gasteiger partial charge < -0.3 is 19.9 Å². The van der Waals surface area contributed by atoms with Crippen LogP contribution in [0.25, 0.3) is 0 Å². The van der Waals surface area contributed by atoms with Gasteiger partial charge in [-0.15, -0.1) is 37.2 Å². The first-order valence-corrected chi connectivity index (χ1v) is 8.74. The molecule has 0 saturated carbocycles. The molecule has 3 rings (SSSR count). The normalized spacial score (nSPS) is 25.2. The molecule has 0 aromatic carbocycles. The zero-order valence-corrected chi connectivity index (χ0v) is 17.5. The molecule has 0 aromatic rings. The van der Waals surface area contributed by atoms with Crippen molar-refractivity contribution in [2.45, 2.75) is 31.3 Å². The summed E-state index contributed by atoms with van der Waals surface area (Å²) in [5.41, 5.74) is 0. The second kappa shape index (κ2) is 12.5. The minimum absolute atomic E-state index is 0. The van der Waals surface area contributed by atoms with Crippen molar-refractivity contribution in [1.82, 2.24) is 20.0 Å². The van der Waals surface area contributed by atoms with Gasteiger partial charge in [-0.05, 0) is 45.9 Å². The van der Waals surface area contributed by atoms with Crippen molar-refractivity contribution < 1.29 is 9.53 Å². The van der Waals surface area contributed by atoms with Crippen LogP contribution in [-0.2, 0) is 9.53 Å². The minimum atomic E-state index is 0. The average molecular weight is 420 g/mol. The number of halogens is 3. The summed E-state index contributed by atoms with van der Waals surface area (Å²) >= 11 is 0. The summed E-state index contributed by atoms with van der Waals surface area (Å²) in [7, 11) is 2.20. The lowest BCUT2D eigenvalue weighted by atomic mass is 10.0. The van der Waals surface area contributed by atoms with Gasteiger partial charge in [0.05, 0.1) is 6.61 Å². The number of hydrogen-bond acceptors (Lipinski definition) is 5. The lowest BCUT2D eigenvalue weighted by molar-refractivity contribution is -0.138. The number of carbonyl (C=O) groups excluding carboxylic acids is 1. The minimum Gasteiger partial charge on any atom is -0.370 e. The van der Waals surface area contributed by atoms with Crippen molar-refractivity contribution in [2.75, 3.05) is 66.1 Å². The van der Waals surface area contributed by atoms with E-state index in [4.69, 9.17) is 4.74 Å². The van der Waals surface area contributed by atoms with Gasteiger partial charge in [0.25, 0.3) is 0 Å². The average Bonchev–Trinajstić information content (AvgIpc) is 2.50. The summed E-state index contributed by atoms with van der Waals surface area (Å²) in [5, 5.41) is 3.28. The van der Waals surface area contributed by atoms with Crippen LogP contribution in [0.15, 0.2) is 0 Å². The molecule has 3 fully saturated rings. The van der Waals surface area contributed by atoms with E-state index in [9.17, 15) is 4.79 Å². The van der Waals surface area contributed by atoms with Crippen molar-refractivity contribution in [3.05, 3.63) is 0 Å². The van der Waals surface area contributed by atoms with Gasteiger partial charge in [0.2, 0.25) is 5.91 Å². The van der Waals surface area contributed by atoms with Gasteiger partial charge >= 0.3 is 0 Å². The number of hydrogen-bond donors (Lipinski definition) is 1. The molecule has 1 N–H and O–H groups in total. The van der Waals surface area contributed by atoms with Crippen LogP contribution in [0.2, 0.25) is 0 Å². The number of likely N-dealkylation sites (tertiary alicyclic amines) is 1. The Kier molecular flexibility index (Phi) is 12.6. The number of amides is 1. The summed E-state index contributed by atoms with van der Waals surface area (Å²) in [5.74, 6) is 0.155. The van der Waals surface area contributed by atoms with Crippen molar-refractivity contribution in [1.29, 1.82) is 0 Å². The Morgan fingerprint density at radius 2 is 1.60 bits per heavy atom. The van der Waals surface area contributed by atoms with Crippen LogP contribution >= 0.6 is 37.2 Å². The van der Waals surface area contributed by atoms with E-state index in [1.54, 1.807) is 0 Å². The molecule has 150 valence electrons. The Labute approximate surface area is 170 Å². The molecular formula is C16H33Cl3N4O2. The maximum Gasteiger partial charge on any atom is 0.248 e. The van der Waals surface area contributed by atoms with Gasteiger partial charge in [0.1, 0.15) is 6.61 Å². The highest BCUT2D eigenvalue weighted by molar-refractivity contribution is 5.86. The molecule has 3 heterocycles. The van der Waals surface area contributed by atoms with Gasteiger partial charge in [-0.1, -0.05) is 0 Å². The lowest BCUT2D eigenvalue weighted by Gasteiger charge is -2.42. The van der Waals surface area contributed by atoms with Gasteiger partial charge in [-0.2, -0.15) is 0 Å². The Hall–Kier alpha value is 0.180. The quantitative estimate of drug-likeness (QED) is 0.716. The van der Waals surface area contributed by atoms with E-state index in [-0.39, 0.29) is 49.7 Å². The summed E-state index contributed by atoms with van der Waals surface area (Å²) in [6.07, 6.45) is 3.70. The first-order valence-electron chi connectivity index (χ1n) is 8.74. The molecule has 3 aliphatic heterocycles. The van der Waals surface area contributed by atoms with E-state index >= 15 is 0 Å². The van der Waals surface area contributed by atoms with E-state index in [0.29, 0.717) is 12.6 Å². The fourth-order valence-electron chi connectivity index (χ4n) is 3.57. The van der Waals surface area contributed by atoms with Crippen LogP contribution in [0.5, 0.6) is 0 Å². The molecule has 6 nitrogen and oxygen atoms in total. The summed E-state index contributed by atoms with van der Waals surface area (Å²) in [6.45, 7) is 8.15.